The van der Waals surface area contributed by atoms with Crippen LogP contribution in [-0.2, 0) is 0 Å². The van der Waals surface area contributed by atoms with Crippen LogP contribution in [0.1, 0.15) is 10.4 Å². The van der Waals surface area contributed by atoms with Crippen LogP contribution in [-0.4, -0.2) is 29.4 Å². The van der Waals surface area contributed by atoms with Gasteiger partial charge in [0.25, 0.3) is 0 Å². The first-order chi connectivity index (χ1) is 7.70. The number of hydrogen-bond acceptors (Lipinski definition) is 3. The van der Waals surface area contributed by atoms with Crippen LogP contribution in [0.3, 0.4) is 0 Å². The van der Waals surface area contributed by atoms with Gasteiger partial charge in [0.1, 0.15) is 0 Å². The van der Waals surface area contributed by atoms with Crippen molar-refractivity contribution in [3.63, 3.8) is 0 Å². The van der Waals surface area contributed by atoms with Crippen molar-refractivity contribution < 1.29 is 9.90 Å². The molecule has 1 N–H and O–H groups in total. The Labute approximate surface area is 97.3 Å². The monoisotopic (exact) mass is 229 g/mol. The van der Waals surface area contributed by atoms with Gasteiger partial charge in [0, 0.05) is 0 Å². The molecule has 16 heavy (non-hydrogen) atoms. The minimum absolute atomic E-state index is 0.280. The first kappa shape index (κ1) is 10.8. The normalized spacial score (nSPS) is 9.75. The van der Waals surface area contributed by atoms with Crippen molar-refractivity contribution in [2.24, 2.45) is 0 Å². The fraction of sp³-hybridized carbons (Fsp3) is 0. The summed E-state index contributed by atoms with van der Waals surface area (Å²) >= 11 is 1.51. The van der Waals surface area contributed by atoms with Crippen LogP contribution in [0.15, 0.2) is 29.6 Å². The zero-order chi connectivity index (χ0) is 11.5. The van der Waals surface area contributed by atoms with Gasteiger partial charge in [-0.3, -0.25) is 0 Å². The van der Waals surface area contributed by atoms with E-state index in [1.807, 2.05) is 5.38 Å². The topological polar surface area (TPSA) is 50.2 Å². The summed E-state index contributed by atoms with van der Waals surface area (Å²) in [6, 6.07) is 6.66. The standard InChI is InChI=1S/C11H8BNO2S/c1-12-11-13-9(6-16-11)7-2-4-8(5-3-7)10(14)15/h2-6H,1H2,(H,14,15). The number of aromatic nitrogens is 1. The summed E-state index contributed by atoms with van der Waals surface area (Å²) in [5, 5.41) is 10.7. The van der Waals surface area contributed by atoms with Crippen LogP contribution in [0.4, 0.5) is 0 Å². The summed E-state index contributed by atoms with van der Waals surface area (Å²) in [5.41, 5.74) is 2.04. The molecule has 78 valence electrons. The predicted molar refractivity (Wildman–Crippen MR) is 67.0 cm³/mol. The molecule has 0 saturated heterocycles. The Kier molecular flexibility index (Phi) is 2.96. The maximum absolute atomic E-state index is 10.7. The Morgan fingerprint density at radius 3 is 2.56 bits per heavy atom. The Hall–Kier alpha value is -1.75. The molecule has 0 saturated carbocycles. The molecule has 2 aromatic rings. The van der Waals surface area contributed by atoms with Crippen molar-refractivity contribution in [3.8, 4) is 11.3 Å². The molecular formula is C11H8BNO2S. The third-order valence-corrected chi connectivity index (χ3v) is 2.96. The van der Waals surface area contributed by atoms with Crippen molar-refractivity contribution in [1.29, 1.82) is 0 Å². The second kappa shape index (κ2) is 4.41. The second-order valence-corrected chi connectivity index (χ2v) is 4.05. The Morgan fingerprint density at radius 2 is 2.06 bits per heavy atom. The molecule has 3 nitrogen and oxygen atoms in total. The van der Waals surface area contributed by atoms with Gasteiger partial charge in [-0.25, -0.2) is 0 Å². The summed E-state index contributed by atoms with van der Waals surface area (Å²) in [6.07, 6.45) is 0. The van der Waals surface area contributed by atoms with E-state index in [2.05, 4.69) is 11.5 Å². The molecule has 1 aromatic carbocycles. The fourth-order valence-corrected chi connectivity index (χ4v) is 1.97. The van der Waals surface area contributed by atoms with E-state index in [-0.39, 0.29) is 5.56 Å². The molecule has 0 amide bonds. The van der Waals surface area contributed by atoms with Crippen LogP contribution in [0, 0.1) is 0 Å². The van der Waals surface area contributed by atoms with E-state index in [0.29, 0.717) is 0 Å². The van der Waals surface area contributed by atoms with E-state index >= 15 is 0 Å². The molecule has 2 rings (SSSR count). The van der Waals surface area contributed by atoms with Gasteiger partial charge in [0.05, 0.1) is 0 Å². The SMILES string of the molecule is C=Bc1nc(-c2ccc(C(=O)O)cc2)cs1. The molecule has 1 aromatic heterocycles. The second-order valence-electron chi connectivity index (χ2n) is 3.16. The quantitative estimate of drug-likeness (QED) is 0.806. The zero-order valence-corrected chi connectivity index (χ0v) is 9.20. The van der Waals surface area contributed by atoms with Crippen LogP contribution >= 0.6 is 11.3 Å². The van der Waals surface area contributed by atoms with Gasteiger partial charge in [-0.15, -0.1) is 0 Å². The molecule has 0 aliphatic carbocycles. The Bertz CT molecular complexity index is 533. The van der Waals surface area contributed by atoms with E-state index in [1.165, 1.54) is 11.3 Å². The molecule has 0 atom stereocenters. The summed E-state index contributed by atoms with van der Waals surface area (Å²) in [4.78, 5) is 15.9. The van der Waals surface area contributed by atoms with Gasteiger partial charge >= 0.3 is 97.0 Å². The van der Waals surface area contributed by atoms with Gasteiger partial charge < -0.3 is 0 Å². The van der Waals surface area contributed by atoms with Crippen LogP contribution in [0.5, 0.6) is 0 Å². The first-order valence-corrected chi connectivity index (χ1v) is 5.50. The van der Waals surface area contributed by atoms with Crippen LogP contribution in [0.2, 0.25) is 0 Å². The van der Waals surface area contributed by atoms with Gasteiger partial charge in [0.2, 0.25) is 0 Å². The molecule has 5 heteroatoms. The third-order valence-electron chi connectivity index (χ3n) is 2.12. The average molecular weight is 229 g/mol. The van der Waals surface area contributed by atoms with Crippen molar-refractivity contribution in [3.05, 3.63) is 35.2 Å². The first-order valence-electron chi connectivity index (χ1n) is 4.62. The van der Waals surface area contributed by atoms with Crippen LogP contribution in [0.25, 0.3) is 11.3 Å². The van der Waals surface area contributed by atoms with Crippen LogP contribution < -0.4 is 4.91 Å². The number of aromatic carboxylic acids is 1. The maximum atomic E-state index is 10.7. The number of thiazole rings is 1. The van der Waals surface area contributed by atoms with Crippen molar-refractivity contribution in [2.45, 2.75) is 0 Å². The molecule has 0 aliphatic rings. The van der Waals surface area contributed by atoms with E-state index in [1.54, 1.807) is 31.2 Å². The average Bonchev–Trinajstić information content (AvgIpc) is 2.77. The number of hydrogen-bond donors (Lipinski definition) is 1. The number of carboxylic acid groups (broad SMARTS) is 1. The summed E-state index contributed by atoms with van der Waals surface area (Å²) in [7, 11) is 0. The Morgan fingerprint density at radius 1 is 1.38 bits per heavy atom. The molecule has 0 fully saturated rings. The van der Waals surface area contributed by atoms with Gasteiger partial charge in [-0.2, -0.15) is 0 Å². The molecular weight excluding hydrogens is 221 g/mol. The number of carboxylic acids is 1. The molecule has 0 bridgehead atoms. The van der Waals surface area contributed by atoms with E-state index < -0.39 is 5.97 Å². The van der Waals surface area contributed by atoms with E-state index in [4.69, 9.17) is 5.11 Å². The predicted octanol–water partition coefficient (Wildman–Crippen LogP) is 1.27. The number of carbonyl (C=O) groups is 1. The molecule has 0 aliphatic heterocycles. The van der Waals surface area contributed by atoms with Crippen molar-refractivity contribution in [2.75, 3.05) is 0 Å². The molecule has 1 heterocycles. The van der Waals surface area contributed by atoms with Gasteiger partial charge in [-0.05, 0) is 0 Å². The fourth-order valence-electron chi connectivity index (χ4n) is 1.30. The van der Waals surface area contributed by atoms with Crippen molar-refractivity contribution in [1.82, 2.24) is 4.98 Å². The zero-order valence-electron chi connectivity index (χ0n) is 8.38. The molecule has 0 spiro atoms. The van der Waals surface area contributed by atoms with E-state index in [0.717, 1.165) is 16.2 Å². The van der Waals surface area contributed by atoms with Gasteiger partial charge in [-0.1, -0.05) is 0 Å². The third kappa shape index (κ3) is 2.09. The molecule has 0 radical (unpaired) electrons. The number of nitrogens with zero attached hydrogens (tertiary/aromatic N) is 1. The van der Waals surface area contributed by atoms with Crippen molar-refractivity contribution >= 4 is 35.6 Å². The summed E-state index contributed by atoms with van der Waals surface area (Å²) < 4.78 is 0. The number of rotatable bonds is 3. The Balaban J connectivity index is 2.34. The summed E-state index contributed by atoms with van der Waals surface area (Å²) in [5.74, 6) is -0.920. The summed E-state index contributed by atoms with van der Waals surface area (Å²) in [6.45, 7) is 5.34. The van der Waals surface area contributed by atoms with Gasteiger partial charge in [0.15, 0.2) is 0 Å². The minimum atomic E-state index is -0.920. The number of benzene rings is 1. The molecule has 0 unspecified atom stereocenters. The van der Waals surface area contributed by atoms with E-state index in [9.17, 15) is 4.79 Å².